The molecule has 0 aromatic heterocycles. The zero-order chi connectivity index (χ0) is 29.9. The highest BCUT2D eigenvalue weighted by Crippen LogP contribution is 2.33. The van der Waals surface area contributed by atoms with Crippen molar-refractivity contribution >= 4 is 11.9 Å². The average molecular weight is 562 g/mol. The van der Waals surface area contributed by atoms with Gasteiger partial charge in [0.15, 0.2) is 11.5 Å². The van der Waals surface area contributed by atoms with Gasteiger partial charge in [0, 0.05) is 5.54 Å². The zero-order valence-electron chi connectivity index (χ0n) is 25.1. The van der Waals surface area contributed by atoms with Gasteiger partial charge in [-0.1, -0.05) is 60.7 Å². The molecule has 41 heavy (non-hydrogen) atoms. The van der Waals surface area contributed by atoms with Gasteiger partial charge in [0.2, 0.25) is 0 Å². The molecule has 7 heteroatoms. The highest BCUT2D eigenvalue weighted by molar-refractivity contribution is 5.92. The highest BCUT2D eigenvalue weighted by Gasteiger charge is 2.26. The molecule has 0 heterocycles. The van der Waals surface area contributed by atoms with Crippen molar-refractivity contribution in [2.75, 3.05) is 19.8 Å². The molecular weight excluding hydrogens is 518 g/mol. The van der Waals surface area contributed by atoms with Crippen LogP contribution in [0.1, 0.15) is 68.1 Å². The third-order valence-electron chi connectivity index (χ3n) is 6.32. The predicted octanol–water partition coefficient (Wildman–Crippen LogP) is 6.66. The van der Waals surface area contributed by atoms with Gasteiger partial charge in [-0.2, -0.15) is 0 Å². The van der Waals surface area contributed by atoms with Gasteiger partial charge >= 0.3 is 11.9 Å². The molecule has 7 nitrogen and oxygen atoms in total. The van der Waals surface area contributed by atoms with Crippen molar-refractivity contribution in [3.63, 3.8) is 0 Å². The van der Waals surface area contributed by atoms with Crippen molar-refractivity contribution in [2.45, 2.75) is 66.7 Å². The van der Waals surface area contributed by atoms with Crippen molar-refractivity contribution < 1.29 is 28.5 Å². The van der Waals surface area contributed by atoms with Crippen molar-refractivity contribution in [1.82, 2.24) is 5.32 Å². The largest absolute Gasteiger partial charge is 0.485 e. The molecule has 0 atom stereocenters. The fourth-order valence-corrected chi connectivity index (χ4v) is 3.83. The number of ether oxygens (including phenoxy) is 4. The van der Waals surface area contributed by atoms with Crippen molar-refractivity contribution in [3.05, 3.63) is 95.1 Å². The van der Waals surface area contributed by atoms with Crippen LogP contribution in [0.25, 0.3) is 0 Å². The third-order valence-corrected chi connectivity index (χ3v) is 6.32. The Hall–Kier alpha value is -3.84. The molecule has 0 saturated carbocycles. The molecule has 220 valence electrons. The molecule has 3 aromatic carbocycles. The van der Waals surface area contributed by atoms with Crippen LogP contribution in [0.15, 0.2) is 72.8 Å². The van der Waals surface area contributed by atoms with Crippen LogP contribution in [0, 0.1) is 12.3 Å². The molecule has 0 aliphatic rings. The molecule has 0 aliphatic heterocycles. The lowest BCUT2D eigenvalue weighted by Crippen LogP contribution is -2.45. The summed E-state index contributed by atoms with van der Waals surface area (Å²) in [6, 6.07) is 23.2. The number of nitrogens with one attached hydrogen (secondary N) is 1. The van der Waals surface area contributed by atoms with E-state index in [0.29, 0.717) is 43.2 Å². The van der Waals surface area contributed by atoms with Gasteiger partial charge in [-0.05, 0) is 83.3 Å². The lowest BCUT2D eigenvalue weighted by Gasteiger charge is -2.27. The molecular formula is C34H43NO6. The van der Waals surface area contributed by atoms with Crippen LogP contribution in [0.5, 0.6) is 11.5 Å². The Morgan fingerprint density at radius 2 is 1.29 bits per heavy atom. The van der Waals surface area contributed by atoms with Gasteiger partial charge < -0.3 is 24.3 Å². The standard InChI is InChI=1S/C34H43NO6/c1-25-20-29(39-22-26-14-9-7-10-15-26)30(40-23-27-16-11-8-12-17-27)21-28(25)31(36)38-19-13-18-35-34(5,6)24-41-32(37)33(2,3)4/h7-12,14-17,20-21,35H,13,18-19,22-24H2,1-6H3. The van der Waals surface area contributed by atoms with E-state index in [1.807, 2.05) is 108 Å². The fourth-order valence-electron chi connectivity index (χ4n) is 3.83. The van der Waals surface area contributed by atoms with Gasteiger partial charge in [-0.15, -0.1) is 0 Å². The summed E-state index contributed by atoms with van der Waals surface area (Å²) in [6.07, 6.45) is 0.608. The zero-order valence-corrected chi connectivity index (χ0v) is 25.1. The number of hydrogen-bond acceptors (Lipinski definition) is 7. The van der Waals surface area contributed by atoms with E-state index < -0.39 is 16.9 Å². The number of rotatable bonds is 14. The molecule has 0 bridgehead atoms. The maximum absolute atomic E-state index is 13.0. The molecule has 0 unspecified atom stereocenters. The number of carbonyl (C=O) groups is 2. The van der Waals surface area contributed by atoms with Crippen LogP contribution in [-0.4, -0.2) is 37.2 Å². The maximum atomic E-state index is 13.0. The summed E-state index contributed by atoms with van der Waals surface area (Å²) in [5.41, 5.74) is 2.28. The Morgan fingerprint density at radius 1 is 0.756 bits per heavy atom. The first-order chi connectivity index (χ1) is 19.4. The smallest absolute Gasteiger partial charge is 0.338 e. The van der Waals surface area contributed by atoms with E-state index >= 15 is 0 Å². The SMILES string of the molecule is Cc1cc(OCc2ccccc2)c(OCc2ccccc2)cc1C(=O)OCCCNC(C)(C)COC(=O)C(C)(C)C. The van der Waals surface area contributed by atoms with Crippen molar-refractivity contribution in [2.24, 2.45) is 5.41 Å². The molecule has 0 aliphatic carbocycles. The number of hydrogen-bond donors (Lipinski definition) is 1. The number of esters is 2. The summed E-state index contributed by atoms with van der Waals surface area (Å²) < 4.78 is 23.3. The summed E-state index contributed by atoms with van der Waals surface area (Å²) in [7, 11) is 0. The van der Waals surface area contributed by atoms with Crippen LogP contribution in [0.2, 0.25) is 0 Å². The molecule has 0 radical (unpaired) electrons. The number of carbonyl (C=O) groups excluding carboxylic acids is 2. The van der Waals surface area contributed by atoms with Crippen LogP contribution in [0.4, 0.5) is 0 Å². The van der Waals surface area contributed by atoms with E-state index in [1.165, 1.54) is 0 Å². The van der Waals surface area contributed by atoms with E-state index in [-0.39, 0.29) is 19.2 Å². The minimum absolute atomic E-state index is 0.236. The van der Waals surface area contributed by atoms with E-state index in [9.17, 15) is 9.59 Å². The number of benzene rings is 3. The van der Waals surface area contributed by atoms with E-state index in [1.54, 1.807) is 6.07 Å². The topological polar surface area (TPSA) is 83.1 Å². The normalized spacial score (nSPS) is 11.6. The quantitative estimate of drug-likeness (QED) is 0.174. The summed E-state index contributed by atoms with van der Waals surface area (Å²) in [5.74, 6) is 0.397. The van der Waals surface area contributed by atoms with Gasteiger partial charge in [0.1, 0.15) is 19.8 Å². The van der Waals surface area contributed by atoms with Gasteiger partial charge in [0.25, 0.3) is 0 Å². The molecule has 0 amide bonds. The Morgan fingerprint density at radius 3 is 1.83 bits per heavy atom. The molecule has 3 rings (SSSR count). The molecule has 0 saturated heterocycles. The first kappa shape index (κ1) is 31.7. The maximum Gasteiger partial charge on any atom is 0.338 e. The Bertz CT molecular complexity index is 1270. The van der Waals surface area contributed by atoms with Gasteiger partial charge in [-0.3, -0.25) is 4.79 Å². The van der Waals surface area contributed by atoms with Crippen LogP contribution < -0.4 is 14.8 Å². The third kappa shape index (κ3) is 10.6. The summed E-state index contributed by atoms with van der Waals surface area (Å²) in [5, 5.41) is 3.36. The van der Waals surface area contributed by atoms with Gasteiger partial charge in [0.05, 0.1) is 17.6 Å². The van der Waals surface area contributed by atoms with Crippen LogP contribution in [-0.2, 0) is 27.5 Å². The van der Waals surface area contributed by atoms with Crippen LogP contribution in [0.3, 0.4) is 0 Å². The average Bonchev–Trinajstić information content (AvgIpc) is 2.94. The van der Waals surface area contributed by atoms with E-state index in [4.69, 9.17) is 18.9 Å². The van der Waals surface area contributed by atoms with Crippen LogP contribution >= 0.6 is 0 Å². The number of aryl methyl sites for hydroxylation is 1. The first-order valence-electron chi connectivity index (χ1n) is 14.0. The highest BCUT2D eigenvalue weighted by atomic mass is 16.5. The summed E-state index contributed by atoms with van der Waals surface area (Å²) in [6.45, 7) is 13.1. The summed E-state index contributed by atoms with van der Waals surface area (Å²) >= 11 is 0. The lowest BCUT2D eigenvalue weighted by molar-refractivity contribution is -0.154. The molecule has 0 spiro atoms. The van der Waals surface area contributed by atoms with Gasteiger partial charge in [-0.25, -0.2) is 4.79 Å². The Kier molecular flexibility index (Phi) is 11.4. The molecule has 3 aromatic rings. The lowest BCUT2D eigenvalue weighted by atomic mass is 9.97. The summed E-state index contributed by atoms with van der Waals surface area (Å²) in [4.78, 5) is 25.1. The second-order valence-corrected chi connectivity index (χ2v) is 11.8. The first-order valence-corrected chi connectivity index (χ1v) is 14.0. The predicted molar refractivity (Wildman–Crippen MR) is 160 cm³/mol. The second-order valence-electron chi connectivity index (χ2n) is 11.8. The minimum atomic E-state index is -0.541. The molecule has 0 fully saturated rings. The minimum Gasteiger partial charge on any atom is -0.485 e. The van der Waals surface area contributed by atoms with Crippen molar-refractivity contribution in [3.8, 4) is 11.5 Å². The van der Waals surface area contributed by atoms with E-state index in [2.05, 4.69) is 5.32 Å². The van der Waals surface area contributed by atoms with Crippen molar-refractivity contribution in [1.29, 1.82) is 0 Å². The Balaban J connectivity index is 1.58. The Labute approximate surface area is 244 Å². The second kappa shape index (κ2) is 14.7. The monoisotopic (exact) mass is 561 g/mol. The molecule has 1 N–H and O–H groups in total. The van der Waals surface area contributed by atoms with E-state index in [0.717, 1.165) is 16.7 Å². The fraction of sp³-hybridized carbons (Fsp3) is 0.412.